The number of benzene rings is 4. The Labute approximate surface area is 560 Å². The zero-order chi connectivity index (χ0) is 69.8. The van der Waals surface area contributed by atoms with Crippen molar-refractivity contribution in [2.24, 2.45) is 5.92 Å². The first kappa shape index (κ1) is 74.6. The molecule has 0 saturated heterocycles. The number of rotatable bonds is 38. The number of aliphatic carboxylic acids is 3. The van der Waals surface area contributed by atoms with Crippen LogP contribution in [0.15, 0.2) is 150 Å². The summed E-state index contributed by atoms with van der Waals surface area (Å²) in [5.74, 6) is -5.65. The fourth-order valence-electron chi connectivity index (χ4n) is 12.2. The highest BCUT2D eigenvalue weighted by Gasteiger charge is 2.44. The lowest BCUT2D eigenvalue weighted by Gasteiger charge is -2.27. The van der Waals surface area contributed by atoms with Crippen molar-refractivity contribution < 1.29 is 88.9 Å². The van der Waals surface area contributed by atoms with Crippen LogP contribution in [0.1, 0.15) is 140 Å². The lowest BCUT2D eigenvalue weighted by molar-refractivity contribution is -0.438. The lowest BCUT2D eigenvalue weighted by atomic mass is 9.81. The van der Waals surface area contributed by atoms with Crippen LogP contribution in [0.2, 0.25) is 0 Å². The number of unbranched alkanes of at least 4 members (excludes halogenated alkanes) is 3. The van der Waals surface area contributed by atoms with E-state index in [0.29, 0.717) is 55.2 Å². The summed E-state index contributed by atoms with van der Waals surface area (Å²) in [4.78, 5) is 90.2. The number of allylic oxidation sites excluding steroid dienone is 5. The second kappa shape index (κ2) is 34.2. The van der Waals surface area contributed by atoms with E-state index in [4.69, 9.17) is 14.6 Å². The average molecular weight is 1360 g/mol. The summed E-state index contributed by atoms with van der Waals surface area (Å²) in [7, 11) is -8.31. The van der Waals surface area contributed by atoms with Gasteiger partial charge in [0.05, 0.1) is 35.5 Å². The van der Waals surface area contributed by atoms with Crippen molar-refractivity contribution in [2.45, 2.75) is 153 Å². The number of carbonyl (C=O) groups is 7. The Hall–Kier alpha value is -8.78. The average Bonchev–Trinajstić information content (AvgIpc) is 1.60. The molecule has 25 heteroatoms. The van der Waals surface area contributed by atoms with E-state index in [2.05, 4.69) is 65.3 Å². The zero-order valence-electron chi connectivity index (χ0n) is 54.7. The van der Waals surface area contributed by atoms with Gasteiger partial charge in [0, 0.05) is 98.1 Å². The number of urea groups is 1. The number of ether oxygens (including phenoxy) is 2. The first-order valence-corrected chi connectivity index (χ1v) is 35.6. The van der Waals surface area contributed by atoms with Gasteiger partial charge in [0.15, 0.2) is 23.0 Å². The van der Waals surface area contributed by atoms with Gasteiger partial charge < -0.3 is 45.6 Å². The minimum atomic E-state index is -4.16. The van der Waals surface area contributed by atoms with Crippen molar-refractivity contribution in [3.63, 3.8) is 0 Å². The number of carboxylic acid groups (broad SMARTS) is 3. The maximum Gasteiger partial charge on any atom is 0.326 e. The van der Waals surface area contributed by atoms with Gasteiger partial charge in [0.2, 0.25) is 11.6 Å². The largest absolute Gasteiger partial charge is 0.489 e. The molecule has 23 nitrogen and oxygen atoms in total. The number of Topliss-reactive ketones (excluding diaryl/α,β-unsaturated/α-hetero) is 2. The number of nitrogens with zero attached hydrogens (tertiary/aromatic N) is 2. The Morgan fingerprint density at radius 2 is 1.30 bits per heavy atom. The Morgan fingerprint density at radius 3 is 1.98 bits per heavy atom. The molecule has 4 aromatic carbocycles. The van der Waals surface area contributed by atoms with E-state index in [1.165, 1.54) is 0 Å². The smallest absolute Gasteiger partial charge is 0.326 e. The number of fused-ring (bicyclic) bond motifs is 2. The number of nitrogens with one attached hydrogen (secondary N) is 3. The van der Waals surface area contributed by atoms with Crippen LogP contribution in [0.5, 0.6) is 5.75 Å². The summed E-state index contributed by atoms with van der Waals surface area (Å²) in [6, 6.07) is 28.5. The van der Waals surface area contributed by atoms with Crippen molar-refractivity contribution in [2.75, 3.05) is 42.6 Å². The highest BCUT2D eigenvalue weighted by atomic mass is 32.2. The second-order valence-corrected chi connectivity index (χ2v) is 28.5. The van der Waals surface area contributed by atoms with E-state index in [0.717, 1.165) is 45.0 Å². The van der Waals surface area contributed by atoms with E-state index in [1.807, 2.05) is 60.7 Å². The molecule has 0 spiro atoms. The van der Waals surface area contributed by atoms with Gasteiger partial charge in [-0.05, 0) is 125 Å². The van der Waals surface area contributed by atoms with Crippen molar-refractivity contribution in [1.82, 2.24) is 16.0 Å². The van der Waals surface area contributed by atoms with Crippen LogP contribution in [0.25, 0.3) is 0 Å². The molecule has 0 aliphatic carbocycles. The summed E-state index contributed by atoms with van der Waals surface area (Å²) >= 11 is 0. The molecule has 0 radical (unpaired) electrons. The molecule has 3 atom stereocenters. The number of hydrogen-bond donors (Lipinski definition) is 8. The third kappa shape index (κ3) is 21.9. The van der Waals surface area contributed by atoms with E-state index in [-0.39, 0.29) is 107 Å². The predicted octanol–water partition coefficient (Wildman–Crippen LogP) is 9.73. The van der Waals surface area contributed by atoms with Crippen molar-refractivity contribution >= 4 is 78.7 Å². The van der Waals surface area contributed by atoms with E-state index < -0.39 is 91.1 Å². The molecule has 0 fully saturated rings. The Morgan fingerprint density at radius 1 is 0.656 bits per heavy atom. The fraction of sp³-hybridized carbons (Fsp3) is 0.437. The fourth-order valence-corrected chi connectivity index (χ4v) is 13.4. The minimum absolute atomic E-state index is 0.0114. The molecule has 3 aliphatic rings. The molecular formula is C71H88N5O18S2+. The van der Waals surface area contributed by atoms with Gasteiger partial charge in [-0.25, -0.2) is 9.59 Å². The molecular weight excluding hydrogens is 1270 g/mol. The molecule has 3 heterocycles. The van der Waals surface area contributed by atoms with Gasteiger partial charge in [0.1, 0.15) is 24.1 Å². The highest BCUT2D eigenvalue weighted by Crippen LogP contribution is 2.48. The molecule has 4 aromatic rings. The summed E-state index contributed by atoms with van der Waals surface area (Å²) in [5.41, 5.74) is 7.01. The van der Waals surface area contributed by atoms with Gasteiger partial charge in [-0.15, -0.1) is 0 Å². The highest BCUT2D eigenvalue weighted by molar-refractivity contribution is 7.86. The van der Waals surface area contributed by atoms with Crippen LogP contribution < -0.4 is 25.6 Å². The third-order valence-corrected chi connectivity index (χ3v) is 19.0. The number of amides is 3. The Bertz CT molecular complexity index is 3880. The SMILES string of the molecule is CC1(C)C(=CC=C2OCCC(C=CC3=[N+](CCCCS(=O)(=O)O)c4ccccc4C3(C)C)=C2Oc2ccc(C[C@H](CC(=O)[C@H](Cc3ccccc3)NC(=O)CCCCC(=O)CC[C@H](NC(=O)NCCCC(=O)O)C(=O)O)C(=O)O)cc2)N(CCCCS(=O)(=O)O)c2ccccc21. The predicted molar refractivity (Wildman–Crippen MR) is 361 cm³/mol. The van der Waals surface area contributed by atoms with Crippen LogP contribution in [0.4, 0.5) is 16.2 Å². The van der Waals surface area contributed by atoms with Crippen LogP contribution in [0.3, 0.4) is 0 Å². The molecule has 0 aromatic heterocycles. The maximum atomic E-state index is 14.2. The molecule has 0 bridgehead atoms. The monoisotopic (exact) mass is 1360 g/mol. The van der Waals surface area contributed by atoms with Gasteiger partial charge in [-0.3, -0.25) is 33.1 Å². The first-order valence-electron chi connectivity index (χ1n) is 32.4. The van der Waals surface area contributed by atoms with E-state index >= 15 is 0 Å². The second-order valence-electron chi connectivity index (χ2n) is 25.4. The van der Waals surface area contributed by atoms with Crippen LogP contribution in [-0.2, 0) is 77.4 Å². The molecule has 3 aliphatic heterocycles. The number of para-hydroxylation sites is 2. The molecule has 516 valence electrons. The van der Waals surface area contributed by atoms with Gasteiger partial charge in [-0.2, -0.15) is 21.4 Å². The summed E-state index contributed by atoms with van der Waals surface area (Å²) in [6.07, 6.45) is 9.40. The molecule has 96 heavy (non-hydrogen) atoms. The minimum Gasteiger partial charge on any atom is -0.489 e. The van der Waals surface area contributed by atoms with Crippen molar-refractivity contribution in [3.05, 3.63) is 172 Å². The normalized spacial score (nSPS) is 16.8. The molecule has 0 unspecified atom stereocenters. The summed E-state index contributed by atoms with van der Waals surface area (Å²) in [6.45, 7) is 9.68. The molecule has 3 amide bonds. The Balaban J connectivity index is 1.09. The number of carboxylic acids is 3. The molecule has 8 N–H and O–H groups in total. The van der Waals surface area contributed by atoms with Crippen LogP contribution in [0, 0.1) is 5.92 Å². The first-order chi connectivity index (χ1) is 45.5. The third-order valence-electron chi connectivity index (χ3n) is 17.4. The summed E-state index contributed by atoms with van der Waals surface area (Å²) in [5, 5.41) is 36.4. The van der Waals surface area contributed by atoms with Gasteiger partial charge in [0.25, 0.3) is 20.2 Å². The van der Waals surface area contributed by atoms with Crippen LogP contribution in [-0.4, -0.2) is 143 Å². The number of ketones is 2. The summed E-state index contributed by atoms with van der Waals surface area (Å²) < 4.78 is 81.2. The molecule has 0 saturated carbocycles. The van der Waals surface area contributed by atoms with Crippen LogP contribution >= 0.6 is 0 Å². The quantitative estimate of drug-likeness (QED) is 0.0117. The van der Waals surface area contributed by atoms with Crippen molar-refractivity contribution in [1.29, 1.82) is 0 Å². The van der Waals surface area contributed by atoms with Gasteiger partial charge in [-0.1, -0.05) is 92.7 Å². The number of anilines is 1. The zero-order valence-corrected chi connectivity index (χ0v) is 56.3. The standard InChI is InChI=1S/C71H87N5O18S2/c1-70(2)54-22-9-11-24-58(54)75(40-14-16-43-95(87,88)89)62(70)36-30-50-38-42-93-61(35-37-63-71(3,4)55-23-10-12-25-59(55)76(63)41-15-17-44-96(90,91)92)66(50)94-53-32-28-49(29-33-53)45-51(67(82)83)47-60(78)57(46-48-19-6-5-7-20-48)73-64(79)26-13-8-21-52(77)31-34-56(68(84)85)74-69(86)72-39-18-27-65(80)81/h5-7,9-12,19-20,22-25,28-30,32-33,35-37,51,56-57H,8,13-18,21,26-27,31,34,38-47H2,1-4H3,(H7-,72,73,74,79,80,81,82,83,84,85,86,87,88,89,90,91,92)/p+1/t51-,56+,57+/m1/s1. The van der Waals surface area contributed by atoms with Crippen molar-refractivity contribution in [3.8, 4) is 5.75 Å². The Kier molecular flexibility index (Phi) is 26.6. The number of carbonyl (C=O) groups excluding carboxylic acids is 4. The topological polar surface area (TPSA) is 350 Å². The molecule has 7 rings (SSSR count). The van der Waals surface area contributed by atoms with E-state index in [1.54, 1.807) is 54.6 Å². The maximum absolute atomic E-state index is 14.2. The lowest BCUT2D eigenvalue weighted by Crippen LogP contribution is -2.46. The van der Waals surface area contributed by atoms with Gasteiger partial charge >= 0.3 is 23.9 Å². The van der Waals surface area contributed by atoms with E-state index in [9.17, 15) is 69.7 Å². The number of hydrogen-bond acceptors (Lipinski definition) is 14.